The van der Waals surface area contributed by atoms with E-state index < -0.39 is 20.0 Å². The van der Waals surface area contributed by atoms with Gasteiger partial charge in [-0.1, -0.05) is 112 Å². The summed E-state index contributed by atoms with van der Waals surface area (Å²) in [6.45, 7) is 11.8. The Hall–Kier alpha value is -3.19. The lowest BCUT2D eigenvalue weighted by Gasteiger charge is -2.39. The first kappa shape index (κ1) is 26.9. The van der Waals surface area contributed by atoms with Crippen molar-refractivity contribution in [3.05, 3.63) is 120 Å². The number of hydrogen-bond donors (Lipinski definition) is 0. The van der Waals surface area contributed by atoms with E-state index in [0.29, 0.717) is 12.5 Å². The summed E-state index contributed by atoms with van der Waals surface area (Å²) >= 11 is 0. The van der Waals surface area contributed by atoms with Crippen LogP contribution in [0.25, 0.3) is 0 Å². The van der Waals surface area contributed by atoms with Gasteiger partial charge in [0.25, 0.3) is 5.88 Å². The van der Waals surface area contributed by atoms with E-state index in [4.69, 9.17) is 18.4 Å². The molecule has 0 aliphatic rings. The zero-order valence-electron chi connectivity index (χ0n) is 22.4. The molecular weight excluding hydrogens is 478 g/mol. The molecule has 4 aromatic rings. The summed E-state index contributed by atoms with van der Waals surface area (Å²) in [7, 11) is -2.01. The Balaban J connectivity index is 1.72. The van der Waals surface area contributed by atoms with Crippen molar-refractivity contribution in [1.29, 1.82) is 0 Å². The molecule has 0 saturated carbocycles. The van der Waals surface area contributed by atoms with E-state index in [2.05, 4.69) is 75.4 Å². The number of benzene rings is 3. The van der Waals surface area contributed by atoms with Gasteiger partial charge in [0.15, 0.2) is 8.32 Å². The summed E-state index contributed by atoms with van der Waals surface area (Å²) in [6, 6.07) is 32.7. The molecule has 1 unspecified atom stereocenters. The zero-order valence-corrected chi connectivity index (χ0v) is 23.4. The van der Waals surface area contributed by atoms with Crippen molar-refractivity contribution in [2.45, 2.75) is 50.6 Å². The highest BCUT2D eigenvalue weighted by Gasteiger charge is 2.40. The first-order chi connectivity index (χ1) is 17.7. The number of rotatable bonds is 11. The molecule has 6 heteroatoms. The van der Waals surface area contributed by atoms with E-state index >= 15 is 0 Å². The molecule has 0 spiro atoms. The maximum atomic E-state index is 7.00. The molecule has 0 amide bonds. The van der Waals surface area contributed by atoms with E-state index in [0.717, 1.165) is 16.7 Å². The van der Waals surface area contributed by atoms with Gasteiger partial charge in [-0.05, 0) is 40.0 Å². The molecule has 4 rings (SSSR count). The van der Waals surface area contributed by atoms with Crippen LogP contribution in [0.1, 0.15) is 37.5 Å². The van der Waals surface area contributed by atoms with Crippen LogP contribution in [0.4, 0.5) is 0 Å². The predicted molar refractivity (Wildman–Crippen MR) is 149 cm³/mol. The molecular formula is C31H37NO4Si. The van der Waals surface area contributed by atoms with Crippen LogP contribution in [0, 0.1) is 0 Å². The average Bonchev–Trinajstić information content (AvgIpc) is 3.42. The molecule has 1 heterocycles. The van der Waals surface area contributed by atoms with E-state index in [-0.39, 0.29) is 11.6 Å². The van der Waals surface area contributed by atoms with E-state index in [1.54, 1.807) is 6.07 Å². The van der Waals surface area contributed by atoms with Crippen LogP contribution in [0.2, 0.25) is 18.1 Å². The summed E-state index contributed by atoms with van der Waals surface area (Å²) in [5, 5.41) is 4.05. The fourth-order valence-electron chi connectivity index (χ4n) is 4.05. The van der Waals surface area contributed by atoms with Crippen molar-refractivity contribution >= 4 is 8.32 Å². The van der Waals surface area contributed by atoms with Crippen LogP contribution >= 0.6 is 0 Å². The van der Waals surface area contributed by atoms with Crippen molar-refractivity contribution < 1.29 is 18.4 Å². The minimum atomic E-state index is -2.01. The third-order valence-corrected chi connectivity index (χ3v) is 11.7. The second kappa shape index (κ2) is 11.5. The Bertz CT molecular complexity index is 1110. The zero-order chi connectivity index (χ0) is 26.4. The number of aromatic nitrogens is 1. The Morgan fingerprint density at radius 1 is 0.730 bits per heavy atom. The summed E-state index contributed by atoms with van der Waals surface area (Å²) in [5.74, 6) is 0.414. The standard InChI is InChI=1S/C31H37NO4Si/c1-30(2,3)37(4,5)35-24-28(36-29-21-22-34-32-29)23-33-31(25-15-9-6-10-16-25,26-17-11-7-12-18-26)27-19-13-8-14-20-27/h6-22,28H,23-24H2,1-5H3. The maximum absolute atomic E-state index is 7.00. The molecule has 0 fully saturated rings. The van der Waals surface area contributed by atoms with Gasteiger partial charge < -0.3 is 18.4 Å². The van der Waals surface area contributed by atoms with Crippen molar-refractivity contribution in [3.8, 4) is 5.88 Å². The van der Waals surface area contributed by atoms with Crippen LogP contribution < -0.4 is 4.74 Å². The molecule has 0 radical (unpaired) electrons. The van der Waals surface area contributed by atoms with Gasteiger partial charge in [-0.3, -0.25) is 0 Å². The Labute approximate surface area is 221 Å². The van der Waals surface area contributed by atoms with Gasteiger partial charge in [-0.15, -0.1) is 0 Å². The molecule has 0 N–H and O–H groups in total. The molecule has 194 valence electrons. The quantitative estimate of drug-likeness (QED) is 0.153. The summed E-state index contributed by atoms with van der Waals surface area (Å²) < 4.78 is 24.8. The van der Waals surface area contributed by atoms with Gasteiger partial charge >= 0.3 is 0 Å². The van der Waals surface area contributed by atoms with Crippen LogP contribution in [-0.4, -0.2) is 32.8 Å². The molecule has 0 saturated heterocycles. The maximum Gasteiger partial charge on any atom is 0.254 e. The van der Waals surface area contributed by atoms with Crippen LogP contribution in [-0.2, 0) is 14.8 Å². The molecule has 0 aliphatic carbocycles. The van der Waals surface area contributed by atoms with E-state index in [1.807, 2.05) is 54.6 Å². The third-order valence-electron chi connectivity index (χ3n) is 7.16. The topological polar surface area (TPSA) is 53.7 Å². The van der Waals surface area contributed by atoms with E-state index in [1.165, 1.54) is 6.26 Å². The lowest BCUT2D eigenvalue weighted by molar-refractivity contribution is -0.0440. The fourth-order valence-corrected chi connectivity index (χ4v) is 5.09. The van der Waals surface area contributed by atoms with Crippen molar-refractivity contribution in [3.63, 3.8) is 0 Å². The highest BCUT2D eigenvalue weighted by molar-refractivity contribution is 6.74. The lowest BCUT2D eigenvalue weighted by Crippen LogP contribution is -2.45. The Morgan fingerprint density at radius 2 is 1.22 bits per heavy atom. The second-order valence-electron chi connectivity index (χ2n) is 10.7. The fraction of sp³-hybridized carbons (Fsp3) is 0.323. The van der Waals surface area contributed by atoms with Gasteiger partial charge in [0, 0.05) is 6.07 Å². The average molecular weight is 516 g/mol. The first-order valence-electron chi connectivity index (χ1n) is 12.7. The van der Waals surface area contributed by atoms with Gasteiger partial charge in [0.05, 0.1) is 13.2 Å². The molecule has 5 nitrogen and oxygen atoms in total. The summed E-state index contributed by atoms with van der Waals surface area (Å²) in [5.41, 5.74) is 2.28. The van der Waals surface area contributed by atoms with Gasteiger partial charge in [0.1, 0.15) is 18.0 Å². The van der Waals surface area contributed by atoms with Crippen LogP contribution in [0.3, 0.4) is 0 Å². The molecule has 0 bridgehead atoms. The van der Waals surface area contributed by atoms with Crippen LogP contribution in [0.15, 0.2) is 108 Å². The molecule has 1 aromatic heterocycles. The Morgan fingerprint density at radius 3 is 1.62 bits per heavy atom. The van der Waals surface area contributed by atoms with Gasteiger partial charge in [0.2, 0.25) is 0 Å². The number of hydrogen-bond acceptors (Lipinski definition) is 5. The predicted octanol–water partition coefficient (Wildman–Crippen LogP) is 7.45. The minimum Gasteiger partial charge on any atom is -0.467 e. The monoisotopic (exact) mass is 515 g/mol. The first-order valence-corrected chi connectivity index (χ1v) is 15.6. The van der Waals surface area contributed by atoms with Crippen molar-refractivity contribution in [2.75, 3.05) is 13.2 Å². The molecule has 3 aromatic carbocycles. The molecule has 1 atom stereocenters. The highest BCUT2D eigenvalue weighted by Crippen LogP contribution is 2.41. The lowest BCUT2D eigenvalue weighted by atomic mass is 9.80. The van der Waals surface area contributed by atoms with Crippen LogP contribution in [0.5, 0.6) is 5.88 Å². The highest BCUT2D eigenvalue weighted by atomic mass is 28.4. The summed E-state index contributed by atoms with van der Waals surface area (Å²) in [4.78, 5) is 0. The summed E-state index contributed by atoms with van der Waals surface area (Å²) in [6.07, 6.45) is 1.11. The van der Waals surface area contributed by atoms with Crippen molar-refractivity contribution in [1.82, 2.24) is 5.16 Å². The van der Waals surface area contributed by atoms with Gasteiger partial charge in [-0.2, -0.15) is 0 Å². The van der Waals surface area contributed by atoms with E-state index in [9.17, 15) is 0 Å². The second-order valence-corrected chi connectivity index (χ2v) is 15.5. The largest absolute Gasteiger partial charge is 0.467 e. The van der Waals surface area contributed by atoms with Gasteiger partial charge in [-0.25, -0.2) is 0 Å². The SMILES string of the molecule is CC(C)(C)[Si](C)(C)OCC(COC(c1ccccc1)(c1ccccc1)c1ccccc1)Oc1ccon1. The van der Waals surface area contributed by atoms with Crippen molar-refractivity contribution in [2.24, 2.45) is 0 Å². The third kappa shape index (κ3) is 6.21. The smallest absolute Gasteiger partial charge is 0.254 e. The minimum absolute atomic E-state index is 0.0776. The number of ether oxygens (including phenoxy) is 2. The molecule has 0 aliphatic heterocycles. The molecule has 37 heavy (non-hydrogen) atoms. The number of nitrogens with zero attached hydrogens (tertiary/aromatic N) is 1. The normalized spacial score (nSPS) is 13.3. The Kier molecular flexibility index (Phi) is 8.32.